The predicted molar refractivity (Wildman–Crippen MR) is 85.2 cm³/mol. The van der Waals surface area contributed by atoms with Gasteiger partial charge in [0, 0.05) is 19.5 Å². The lowest BCUT2D eigenvalue weighted by atomic mass is 10.1. The van der Waals surface area contributed by atoms with Gasteiger partial charge in [-0.05, 0) is 30.9 Å². The number of benzene rings is 1. The van der Waals surface area contributed by atoms with Gasteiger partial charge in [-0.25, -0.2) is 4.98 Å². The maximum absolute atomic E-state index is 12.5. The van der Waals surface area contributed by atoms with Crippen LogP contribution >= 0.6 is 11.3 Å². The summed E-state index contributed by atoms with van der Waals surface area (Å²) >= 11 is 1.49. The van der Waals surface area contributed by atoms with E-state index in [9.17, 15) is 4.79 Å². The third-order valence-electron chi connectivity index (χ3n) is 4.12. The molecule has 1 aliphatic heterocycles. The molecule has 4 rings (SSSR count). The van der Waals surface area contributed by atoms with Crippen molar-refractivity contribution in [3.05, 3.63) is 45.9 Å². The summed E-state index contributed by atoms with van der Waals surface area (Å²) in [4.78, 5) is 19.9. The Bertz CT molecular complexity index is 679. The maximum Gasteiger partial charge on any atom is 0.265 e. The van der Waals surface area contributed by atoms with Gasteiger partial charge in [0.2, 0.25) is 0 Å². The van der Waals surface area contributed by atoms with Crippen LogP contribution in [0.4, 0.5) is 0 Å². The average molecular weight is 314 g/mol. The van der Waals surface area contributed by atoms with Gasteiger partial charge in [-0.1, -0.05) is 18.2 Å². The highest BCUT2D eigenvalue weighted by molar-refractivity contribution is 7.13. The van der Waals surface area contributed by atoms with E-state index in [2.05, 4.69) is 4.98 Å². The summed E-state index contributed by atoms with van der Waals surface area (Å²) in [6, 6.07) is 9.71. The van der Waals surface area contributed by atoms with Crippen LogP contribution in [0.3, 0.4) is 0 Å². The van der Waals surface area contributed by atoms with Crippen molar-refractivity contribution in [3.8, 4) is 5.75 Å². The Hall–Kier alpha value is -1.88. The highest BCUT2D eigenvalue weighted by Crippen LogP contribution is 2.32. The molecule has 1 saturated carbocycles. The Morgan fingerprint density at radius 2 is 2.09 bits per heavy atom. The molecule has 1 aliphatic carbocycles. The predicted octanol–water partition coefficient (Wildman–Crippen LogP) is 3.13. The fourth-order valence-corrected chi connectivity index (χ4v) is 3.72. The zero-order valence-electron chi connectivity index (χ0n) is 12.3. The molecule has 0 radical (unpaired) electrons. The first kappa shape index (κ1) is 13.8. The number of nitrogens with zero attached hydrogens (tertiary/aromatic N) is 2. The van der Waals surface area contributed by atoms with E-state index in [1.807, 2.05) is 35.2 Å². The Labute approximate surface area is 133 Å². The van der Waals surface area contributed by atoms with E-state index in [1.54, 1.807) is 0 Å². The molecular weight excluding hydrogens is 296 g/mol. The second-order valence-electron chi connectivity index (χ2n) is 5.93. The van der Waals surface area contributed by atoms with E-state index >= 15 is 0 Å². The molecule has 1 aromatic heterocycles. The Morgan fingerprint density at radius 1 is 1.27 bits per heavy atom. The minimum atomic E-state index is 0.164. The van der Waals surface area contributed by atoms with Crippen LogP contribution in [-0.2, 0) is 13.0 Å². The zero-order valence-corrected chi connectivity index (χ0v) is 13.1. The van der Waals surface area contributed by atoms with E-state index in [-0.39, 0.29) is 5.91 Å². The topological polar surface area (TPSA) is 42.4 Å². The number of carbonyl (C=O) groups is 1. The van der Waals surface area contributed by atoms with Gasteiger partial charge < -0.3 is 9.64 Å². The third kappa shape index (κ3) is 2.86. The number of ether oxygens (including phenoxy) is 1. The van der Waals surface area contributed by atoms with E-state index in [0.717, 1.165) is 46.8 Å². The van der Waals surface area contributed by atoms with Crippen molar-refractivity contribution in [1.29, 1.82) is 0 Å². The van der Waals surface area contributed by atoms with E-state index in [0.29, 0.717) is 6.61 Å². The van der Waals surface area contributed by atoms with Gasteiger partial charge in [0.15, 0.2) is 0 Å². The van der Waals surface area contributed by atoms with Crippen LogP contribution in [0.15, 0.2) is 30.3 Å². The first-order valence-corrected chi connectivity index (χ1v) is 8.57. The molecule has 2 aliphatic rings. The van der Waals surface area contributed by atoms with Crippen molar-refractivity contribution in [1.82, 2.24) is 9.88 Å². The van der Waals surface area contributed by atoms with Crippen LogP contribution in [0, 0.1) is 5.92 Å². The highest BCUT2D eigenvalue weighted by atomic mass is 32.1. The van der Waals surface area contributed by atoms with Crippen LogP contribution in [0.5, 0.6) is 5.75 Å². The van der Waals surface area contributed by atoms with E-state index in [4.69, 9.17) is 4.74 Å². The molecule has 4 nitrogen and oxygen atoms in total. The molecule has 2 heterocycles. The number of amides is 1. The average Bonchev–Trinajstić information content (AvgIpc) is 3.26. The van der Waals surface area contributed by atoms with Gasteiger partial charge in [0.25, 0.3) is 5.91 Å². The van der Waals surface area contributed by atoms with Crippen LogP contribution in [0.2, 0.25) is 0 Å². The van der Waals surface area contributed by atoms with Gasteiger partial charge in [0.1, 0.15) is 22.2 Å². The molecule has 0 N–H and O–H groups in total. The molecule has 22 heavy (non-hydrogen) atoms. The molecule has 5 heteroatoms. The quantitative estimate of drug-likeness (QED) is 0.851. The number of para-hydroxylation sites is 1. The molecule has 114 valence electrons. The molecule has 1 fully saturated rings. The molecule has 0 saturated heterocycles. The summed E-state index contributed by atoms with van der Waals surface area (Å²) in [5, 5.41) is 0.885. The van der Waals surface area contributed by atoms with E-state index < -0.39 is 0 Å². The van der Waals surface area contributed by atoms with Crippen molar-refractivity contribution >= 4 is 17.2 Å². The van der Waals surface area contributed by atoms with Crippen molar-refractivity contribution in [3.63, 3.8) is 0 Å². The molecule has 0 unspecified atom stereocenters. The summed E-state index contributed by atoms with van der Waals surface area (Å²) < 4.78 is 5.73. The van der Waals surface area contributed by atoms with Crippen molar-refractivity contribution in [2.75, 3.05) is 13.1 Å². The van der Waals surface area contributed by atoms with Crippen molar-refractivity contribution in [2.45, 2.75) is 25.9 Å². The Balaban J connectivity index is 1.45. The SMILES string of the molecule is O=C1c2sc(COc3ccccc3)nc2CCN1CC1CC1. The molecule has 0 bridgehead atoms. The summed E-state index contributed by atoms with van der Waals surface area (Å²) in [6.07, 6.45) is 3.42. The van der Waals surface area contributed by atoms with Gasteiger partial charge in [-0.3, -0.25) is 4.79 Å². The molecule has 1 amide bonds. The smallest absolute Gasteiger partial charge is 0.265 e. The first-order chi connectivity index (χ1) is 10.8. The van der Waals surface area contributed by atoms with Crippen LogP contribution in [0.1, 0.15) is 33.2 Å². The van der Waals surface area contributed by atoms with Crippen LogP contribution < -0.4 is 4.74 Å². The van der Waals surface area contributed by atoms with Gasteiger partial charge in [-0.2, -0.15) is 0 Å². The lowest BCUT2D eigenvalue weighted by Crippen LogP contribution is -2.38. The molecule has 0 atom stereocenters. The highest BCUT2D eigenvalue weighted by Gasteiger charge is 2.32. The third-order valence-corrected chi connectivity index (χ3v) is 5.18. The van der Waals surface area contributed by atoms with Crippen LogP contribution in [-0.4, -0.2) is 28.9 Å². The number of hydrogen-bond donors (Lipinski definition) is 0. The fraction of sp³-hybridized carbons (Fsp3) is 0.412. The fourth-order valence-electron chi connectivity index (χ4n) is 2.73. The maximum atomic E-state index is 12.5. The number of rotatable bonds is 5. The minimum Gasteiger partial charge on any atom is -0.486 e. The Morgan fingerprint density at radius 3 is 2.86 bits per heavy atom. The minimum absolute atomic E-state index is 0.164. The normalized spacial score (nSPS) is 17.5. The standard InChI is InChI=1S/C17H18N2O2S/c20-17-16-14(8-9-19(17)10-12-6-7-12)18-15(22-16)11-21-13-4-2-1-3-5-13/h1-5,12H,6-11H2. The van der Waals surface area contributed by atoms with Gasteiger partial charge >= 0.3 is 0 Å². The lowest BCUT2D eigenvalue weighted by molar-refractivity contribution is 0.0736. The number of aromatic nitrogens is 1. The largest absolute Gasteiger partial charge is 0.486 e. The zero-order chi connectivity index (χ0) is 14.9. The van der Waals surface area contributed by atoms with Crippen molar-refractivity contribution in [2.24, 2.45) is 5.92 Å². The summed E-state index contributed by atoms with van der Waals surface area (Å²) in [5.41, 5.74) is 0.953. The molecule has 2 aromatic rings. The van der Waals surface area contributed by atoms with Gasteiger partial charge in [0.05, 0.1) is 5.69 Å². The molecule has 0 spiro atoms. The first-order valence-electron chi connectivity index (χ1n) is 7.75. The van der Waals surface area contributed by atoms with Crippen molar-refractivity contribution < 1.29 is 9.53 Å². The second kappa shape index (κ2) is 5.72. The number of carbonyl (C=O) groups excluding carboxylic acids is 1. The summed E-state index contributed by atoms with van der Waals surface area (Å²) in [5.74, 6) is 1.73. The molecular formula is C17H18N2O2S. The number of hydrogen-bond acceptors (Lipinski definition) is 4. The number of thiazole rings is 1. The lowest BCUT2D eigenvalue weighted by Gasteiger charge is -2.25. The monoisotopic (exact) mass is 314 g/mol. The van der Waals surface area contributed by atoms with Crippen LogP contribution in [0.25, 0.3) is 0 Å². The second-order valence-corrected chi connectivity index (χ2v) is 7.01. The summed E-state index contributed by atoms with van der Waals surface area (Å²) in [7, 11) is 0. The van der Waals surface area contributed by atoms with E-state index in [1.165, 1.54) is 24.2 Å². The number of fused-ring (bicyclic) bond motifs is 1. The van der Waals surface area contributed by atoms with Gasteiger partial charge in [-0.15, -0.1) is 11.3 Å². The summed E-state index contributed by atoms with van der Waals surface area (Å²) in [6.45, 7) is 2.16. The molecule has 1 aromatic carbocycles. The Kier molecular flexibility index (Phi) is 3.58.